The Kier molecular flexibility index (Phi) is 6.32. The molecule has 2 N–H and O–H groups in total. The topological polar surface area (TPSA) is 94.7 Å². The minimum atomic E-state index is -1.08. The van der Waals surface area contributed by atoms with E-state index in [0.717, 1.165) is 11.3 Å². The number of aliphatic carboxylic acids is 1. The third-order valence-electron chi connectivity index (χ3n) is 3.34. The monoisotopic (exact) mass is 355 g/mol. The average molecular weight is 355 g/mol. The predicted octanol–water partition coefficient (Wildman–Crippen LogP) is 3.97. The number of hydrogen-bond acceptors (Lipinski definition) is 5. The van der Waals surface area contributed by atoms with Crippen molar-refractivity contribution in [3.05, 3.63) is 53.6 Å². The third-order valence-corrected chi connectivity index (χ3v) is 3.34. The van der Waals surface area contributed by atoms with Gasteiger partial charge in [-0.05, 0) is 36.8 Å². The van der Waals surface area contributed by atoms with Crippen LogP contribution in [-0.4, -0.2) is 41.4 Å². The summed E-state index contributed by atoms with van der Waals surface area (Å²) in [6.45, 7) is 1.43. The average Bonchev–Trinajstić information content (AvgIpc) is 2.60. The molecule has 136 valence electrons. The largest absolute Gasteiger partial charge is 0.508 e. The molecule has 0 saturated carbocycles. The van der Waals surface area contributed by atoms with Gasteiger partial charge in [-0.3, -0.25) is 5.01 Å². The van der Waals surface area contributed by atoms with Gasteiger partial charge in [-0.2, -0.15) is 0 Å². The molecular formula is C19H21N3O4. The predicted molar refractivity (Wildman–Crippen MR) is 99.4 cm³/mol. The first kappa shape index (κ1) is 19.0. The van der Waals surface area contributed by atoms with Gasteiger partial charge in [0.1, 0.15) is 11.5 Å². The normalized spacial score (nSPS) is 12.4. The van der Waals surface area contributed by atoms with E-state index < -0.39 is 12.1 Å². The van der Waals surface area contributed by atoms with Gasteiger partial charge in [0.05, 0.1) is 5.69 Å². The fraction of sp³-hybridized carbons (Fsp3) is 0.211. The van der Waals surface area contributed by atoms with Crippen LogP contribution in [0.2, 0.25) is 0 Å². The highest BCUT2D eigenvalue weighted by Gasteiger charge is 2.14. The van der Waals surface area contributed by atoms with Crippen LogP contribution in [0.4, 0.5) is 5.69 Å². The van der Waals surface area contributed by atoms with Crippen molar-refractivity contribution in [3.8, 4) is 11.5 Å². The lowest BCUT2D eigenvalue weighted by Crippen LogP contribution is -2.23. The maximum absolute atomic E-state index is 11.0. The van der Waals surface area contributed by atoms with Gasteiger partial charge < -0.3 is 14.9 Å². The lowest BCUT2D eigenvalue weighted by Gasteiger charge is -2.13. The summed E-state index contributed by atoms with van der Waals surface area (Å²) in [6, 6.07) is 12.0. The number of ether oxygens (including phenoxy) is 1. The molecule has 7 heteroatoms. The Bertz CT molecular complexity index is 814. The van der Waals surface area contributed by atoms with Crippen molar-refractivity contribution in [3.63, 3.8) is 0 Å². The maximum atomic E-state index is 11.0. The second-order valence-corrected chi connectivity index (χ2v) is 5.78. The summed E-state index contributed by atoms with van der Waals surface area (Å²) in [5, 5.41) is 28.2. The van der Waals surface area contributed by atoms with E-state index in [0.29, 0.717) is 11.3 Å². The molecule has 0 fully saturated rings. The number of aromatic hydroxyl groups is 1. The Morgan fingerprint density at radius 3 is 2.46 bits per heavy atom. The van der Waals surface area contributed by atoms with E-state index in [2.05, 4.69) is 10.3 Å². The molecule has 0 spiro atoms. The van der Waals surface area contributed by atoms with Crippen molar-refractivity contribution < 1.29 is 19.7 Å². The van der Waals surface area contributed by atoms with Crippen molar-refractivity contribution in [2.45, 2.75) is 13.0 Å². The second-order valence-electron chi connectivity index (χ2n) is 5.78. The van der Waals surface area contributed by atoms with Gasteiger partial charge in [-0.15, -0.1) is 5.11 Å². The van der Waals surface area contributed by atoms with Crippen LogP contribution in [-0.2, 0) is 4.79 Å². The van der Waals surface area contributed by atoms with Gasteiger partial charge in [-0.25, -0.2) is 4.79 Å². The van der Waals surface area contributed by atoms with E-state index in [4.69, 9.17) is 9.84 Å². The van der Waals surface area contributed by atoms with Gasteiger partial charge >= 0.3 is 5.97 Å². The third kappa shape index (κ3) is 5.62. The first-order valence-corrected chi connectivity index (χ1v) is 7.95. The van der Waals surface area contributed by atoms with E-state index in [9.17, 15) is 9.90 Å². The van der Waals surface area contributed by atoms with Crippen LogP contribution in [0, 0.1) is 0 Å². The zero-order valence-corrected chi connectivity index (χ0v) is 14.8. The number of hydrogen-bond donors (Lipinski definition) is 2. The van der Waals surface area contributed by atoms with Crippen molar-refractivity contribution >= 4 is 23.8 Å². The first-order valence-electron chi connectivity index (χ1n) is 7.95. The summed E-state index contributed by atoms with van der Waals surface area (Å²) >= 11 is 0. The van der Waals surface area contributed by atoms with Gasteiger partial charge in [-0.1, -0.05) is 29.5 Å². The number of rotatable bonds is 7. The van der Waals surface area contributed by atoms with Crippen LogP contribution in [0.3, 0.4) is 0 Å². The molecule has 7 nitrogen and oxygen atoms in total. The van der Waals surface area contributed by atoms with E-state index in [1.807, 2.05) is 30.3 Å². The van der Waals surface area contributed by atoms with Crippen molar-refractivity contribution in [1.29, 1.82) is 0 Å². The molecule has 1 unspecified atom stereocenters. The Balaban J connectivity index is 2.18. The Morgan fingerprint density at radius 1 is 1.15 bits per heavy atom. The van der Waals surface area contributed by atoms with Gasteiger partial charge in [0.2, 0.25) is 0 Å². The fourth-order valence-electron chi connectivity index (χ4n) is 1.98. The molecular weight excluding hydrogens is 334 g/mol. The molecule has 0 saturated heterocycles. The highest BCUT2D eigenvalue weighted by atomic mass is 16.5. The molecule has 0 bridgehead atoms. The molecule has 0 aliphatic heterocycles. The zero-order valence-electron chi connectivity index (χ0n) is 14.8. The lowest BCUT2D eigenvalue weighted by molar-refractivity contribution is -0.144. The summed E-state index contributed by atoms with van der Waals surface area (Å²) in [7, 11) is 3.59. The summed E-state index contributed by atoms with van der Waals surface area (Å²) in [4.78, 5) is 11.0. The second kappa shape index (κ2) is 8.66. The molecule has 0 aromatic heterocycles. The maximum Gasteiger partial charge on any atom is 0.344 e. The van der Waals surface area contributed by atoms with Crippen molar-refractivity contribution in [1.82, 2.24) is 5.01 Å². The number of benzene rings is 2. The smallest absolute Gasteiger partial charge is 0.344 e. The number of carbonyl (C=O) groups is 1. The molecule has 26 heavy (non-hydrogen) atoms. The van der Waals surface area contributed by atoms with Gasteiger partial charge in [0.25, 0.3) is 0 Å². The first-order chi connectivity index (χ1) is 12.3. The number of phenols is 1. The molecule has 2 aromatic rings. The van der Waals surface area contributed by atoms with Crippen LogP contribution >= 0.6 is 0 Å². The van der Waals surface area contributed by atoms with Crippen LogP contribution in [0.15, 0.2) is 52.8 Å². The standard InChI is InChI=1S/C19H21N3O4/c1-13(19(24)25)26-18-12-17(23)11-8-15(18)7-4-14-5-9-16(10-6-14)20-21-22(2)3/h4-13,23H,1-3H3,(H,24,25). The van der Waals surface area contributed by atoms with Gasteiger partial charge in [0.15, 0.2) is 6.10 Å². The van der Waals surface area contributed by atoms with Crippen molar-refractivity contribution in [2.24, 2.45) is 10.3 Å². The molecule has 2 rings (SSSR count). The molecule has 0 aliphatic carbocycles. The van der Waals surface area contributed by atoms with Crippen LogP contribution in [0.5, 0.6) is 11.5 Å². The number of nitrogens with zero attached hydrogens (tertiary/aromatic N) is 3. The highest BCUT2D eigenvalue weighted by molar-refractivity contribution is 5.75. The number of carboxylic acids is 1. The van der Waals surface area contributed by atoms with Crippen LogP contribution in [0.25, 0.3) is 12.2 Å². The van der Waals surface area contributed by atoms with E-state index in [1.165, 1.54) is 19.1 Å². The van der Waals surface area contributed by atoms with E-state index in [1.54, 1.807) is 31.2 Å². The minimum Gasteiger partial charge on any atom is -0.508 e. The SMILES string of the molecule is CC(Oc1cc(O)ccc1C=Cc1ccc(N=NN(C)C)cc1)C(=O)O. The number of carboxylic acid groups (broad SMARTS) is 1. The molecule has 1 atom stereocenters. The molecule has 2 aromatic carbocycles. The quantitative estimate of drug-likeness (QED) is 0.445. The Morgan fingerprint density at radius 2 is 1.85 bits per heavy atom. The minimum absolute atomic E-state index is 0.00495. The zero-order chi connectivity index (χ0) is 19.1. The van der Waals surface area contributed by atoms with Gasteiger partial charge in [0, 0.05) is 25.7 Å². The molecule has 0 radical (unpaired) electrons. The van der Waals surface area contributed by atoms with Crippen molar-refractivity contribution in [2.75, 3.05) is 14.1 Å². The lowest BCUT2D eigenvalue weighted by atomic mass is 10.1. The summed E-state index contributed by atoms with van der Waals surface area (Å²) in [6.07, 6.45) is 2.63. The summed E-state index contributed by atoms with van der Waals surface area (Å²) in [5.74, 6) is -0.774. The van der Waals surface area contributed by atoms with Crippen LogP contribution in [0.1, 0.15) is 18.1 Å². The summed E-state index contributed by atoms with van der Waals surface area (Å²) < 4.78 is 5.41. The van der Waals surface area contributed by atoms with E-state index in [-0.39, 0.29) is 5.75 Å². The molecule has 0 heterocycles. The van der Waals surface area contributed by atoms with Crippen LogP contribution < -0.4 is 4.74 Å². The Labute approximate surface area is 151 Å². The fourth-order valence-corrected chi connectivity index (χ4v) is 1.98. The summed E-state index contributed by atoms with van der Waals surface area (Å²) in [5.41, 5.74) is 2.33. The molecule has 0 aliphatic rings. The Hall–Kier alpha value is -3.35. The molecule has 0 amide bonds. The van der Waals surface area contributed by atoms with E-state index >= 15 is 0 Å². The number of phenolic OH excluding ortho intramolecular Hbond substituents is 1. The highest BCUT2D eigenvalue weighted by Crippen LogP contribution is 2.27.